The van der Waals surface area contributed by atoms with E-state index in [0.717, 1.165) is 4.90 Å². The van der Waals surface area contributed by atoms with Crippen LogP contribution in [0.5, 0.6) is 0 Å². The van der Waals surface area contributed by atoms with E-state index < -0.39 is 0 Å². The first kappa shape index (κ1) is 13.5. The summed E-state index contributed by atoms with van der Waals surface area (Å²) in [5.41, 5.74) is 0. The number of imide groups is 1. The van der Waals surface area contributed by atoms with Gasteiger partial charge in [0.15, 0.2) is 0 Å². The van der Waals surface area contributed by atoms with Crippen LogP contribution in [-0.4, -0.2) is 35.7 Å². The Labute approximate surface area is 114 Å². The molecule has 0 saturated heterocycles. The molecule has 100 valence electrons. The van der Waals surface area contributed by atoms with Gasteiger partial charge in [0.05, 0.1) is 0 Å². The van der Waals surface area contributed by atoms with E-state index >= 15 is 0 Å². The van der Waals surface area contributed by atoms with E-state index in [0.29, 0.717) is 19.4 Å². The number of carbonyl (C=O) groups is 3. The molecule has 0 aromatic carbocycles. The third-order valence-electron chi connectivity index (χ3n) is 2.74. The first-order chi connectivity index (χ1) is 9.16. The lowest BCUT2D eigenvalue weighted by atomic mass is 10.2. The molecule has 1 N–H and O–H groups in total. The summed E-state index contributed by atoms with van der Waals surface area (Å²) in [6.45, 7) is 0.512. The number of thiophene rings is 1. The largest absolute Gasteiger partial charge is 0.354 e. The van der Waals surface area contributed by atoms with Crippen molar-refractivity contribution in [2.24, 2.45) is 0 Å². The van der Waals surface area contributed by atoms with Crippen LogP contribution in [0.1, 0.15) is 11.3 Å². The topological polar surface area (TPSA) is 66.5 Å². The van der Waals surface area contributed by atoms with E-state index in [9.17, 15) is 14.4 Å². The Balaban J connectivity index is 1.64. The summed E-state index contributed by atoms with van der Waals surface area (Å²) >= 11 is 1.62. The van der Waals surface area contributed by atoms with Crippen molar-refractivity contribution in [1.82, 2.24) is 10.2 Å². The zero-order chi connectivity index (χ0) is 13.7. The Hall–Kier alpha value is -1.95. The van der Waals surface area contributed by atoms with Crippen LogP contribution in [0.2, 0.25) is 0 Å². The summed E-state index contributed by atoms with van der Waals surface area (Å²) in [4.78, 5) is 36.3. The van der Waals surface area contributed by atoms with Crippen LogP contribution in [0.3, 0.4) is 0 Å². The van der Waals surface area contributed by atoms with Crippen molar-refractivity contribution in [3.63, 3.8) is 0 Å². The molecule has 2 heterocycles. The Morgan fingerprint density at radius 1 is 1.26 bits per heavy atom. The zero-order valence-corrected chi connectivity index (χ0v) is 11.1. The van der Waals surface area contributed by atoms with Gasteiger partial charge in [0, 0.05) is 36.5 Å². The minimum atomic E-state index is -0.321. The number of nitrogens with one attached hydrogen (secondary N) is 1. The summed E-state index contributed by atoms with van der Waals surface area (Å²) in [7, 11) is 0. The highest BCUT2D eigenvalue weighted by Crippen LogP contribution is 2.10. The molecular formula is C13H14N2O3S. The SMILES string of the molecule is O=C(CCc1cccs1)NCCN1C(=O)C=CC1=O. The average Bonchev–Trinajstić information content (AvgIpc) is 3.00. The van der Waals surface area contributed by atoms with Gasteiger partial charge < -0.3 is 5.32 Å². The Morgan fingerprint density at radius 3 is 2.63 bits per heavy atom. The molecule has 6 heteroatoms. The summed E-state index contributed by atoms with van der Waals surface area (Å²) in [5, 5.41) is 4.68. The van der Waals surface area contributed by atoms with E-state index in [4.69, 9.17) is 0 Å². The minimum Gasteiger partial charge on any atom is -0.354 e. The molecule has 1 aromatic heterocycles. The van der Waals surface area contributed by atoms with Gasteiger partial charge in [-0.15, -0.1) is 11.3 Å². The first-order valence-corrected chi connectivity index (χ1v) is 6.87. The first-order valence-electron chi connectivity index (χ1n) is 5.99. The van der Waals surface area contributed by atoms with Gasteiger partial charge in [0.1, 0.15) is 0 Å². The van der Waals surface area contributed by atoms with Crippen LogP contribution >= 0.6 is 11.3 Å². The van der Waals surface area contributed by atoms with Crippen molar-refractivity contribution in [1.29, 1.82) is 0 Å². The lowest BCUT2D eigenvalue weighted by Crippen LogP contribution is -2.38. The number of hydrogen-bond acceptors (Lipinski definition) is 4. The van der Waals surface area contributed by atoms with Crippen molar-refractivity contribution in [3.8, 4) is 0 Å². The van der Waals surface area contributed by atoms with Crippen LogP contribution in [0.15, 0.2) is 29.7 Å². The van der Waals surface area contributed by atoms with E-state index in [1.165, 1.54) is 17.0 Å². The predicted molar refractivity (Wildman–Crippen MR) is 71.5 cm³/mol. The second kappa shape index (κ2) is 6.29. The maximum atomic E-state index is 11.6. The van der Waals surface area contributed by atoms with Crippen molar-refractivity contribution in [2.75, 3.05) is 13.1 Å². The molecule has 0 aliphatic carbocycles. The highest BCUT2D eigenvalue weighted by molar-refractivity contribution is 7.09. The normalized spacial score (nSPS) is 14.2. The van der Waals surface area contributed by atoms with Crippen LogP contribution in [0.4, 0.5) is 0 Å². The molecule has 3 amide bonds. The maximum Gasteiger partial charge on any atom is 0.253 e. The molecule has 0 radical (unpaired) electrons. The smallest absolute Gasteiger partial charge is 0.253 e. The molecule has 0 saturated carbocycles. The van der Waals surface area contributed by atoms with Gasteiger partial charge in [0.25, 0.3) is 11.8 Å². The average molecular weight is 278 g/mol. The van der Waals surface area contributed by atoms with E-state index in [1.54, 1.807) is 11.3 Å². The summed E-state index contributed by atoms with van der Waals surface area (Å²) < 4.78 is 0. The number of rotatable bonds is 6. The van der Waals surface area contributed by atoms with Gasteiger partial charge in [-0.1, -0.05) is 6.07 Å². The predicted octanol–water partition coefficient (Wildman–Crippen LogP) is 0.722. The van der Waals surface area contributed by atoms with Gasteiger partial charge in [0.2, 0.25) is 5.91 Å². The number of amides is 3. The second-order valence-electron chi connectivity index (χ2n) is 4.09. The van der Waals surface area contributed by atoms with Crippen LogP contribution in [0, 0.1) is 0 Å². The van der Waals surface area contributed by atoms with Gasteiger partial charge >= 0.3 is 0 Å². The van der Waals surface area contributed by atoms with Crippen molar-refractivity contribution in [3.05, 3.63) is 34.5 Å². The molecule has 0 unspecified atom stereocenters. The molecule has 2 rings (SSSR count). The van der Waals surface area contributed by atoms with E-state index in [-0.39, 0.29) is 24.3 Å². The lowest BCUT2D eigenvalue weighted by Gasteiger charge is -2.13. The fourth-order valence-electron chi connectivity index (χ4n) is 1.74. The molecule has 0 fully saturated rings. The van der Waals surface area contributed by atoms with Gasteiger partial charge in [-0.05, 0) is 17.9 Å². The van der Waals surface area contributed by atoms with Crippen LogP contribution in [0.25, 0.3) is 0 Å². The molecule has 0 atom stereocenters. The third kappa shape index (κ3) is 3.75. The Morgan fingerprint density at radius 2 is 2.00 bits per heavy atom. The van der Waals surface area contributed by atoms with Crippen LogP contribution in [-0.2, 0) is 20.8 Å². The van der Waals surface area contributed by atoms with Gasteiger partial charge in [-0.2, -0.15) is 0 Å². The quantitative estimate of drug-likeness (QED) is 0.780. The standard InChI is InChI=1S/C13H14N2O3S/c16-11(4-3-10-2-1-9-19-10)14-7-8-15-12(17)5-6-13(15)18/h1-2,5-6,9H,3-4,7-8H2,(H,14,16). The van der Waals surface area contributed by atoms with E-state index in [2.05, 4.69) is 5.32 Å². The number of nitrogens with zero attached hydrogens (tertiary/aromatic N) is 1. The number of hydrogen-bond donors (Lipinski definition) is 1. The molecule has 19 heavy (non-hydrogen) atoms. The third-order valence-corrected chi connectivity index (χ3v) is 3.67. The Bertz CT molecular complexity index is 490. The molecule has 1 aromatic rings. The lowest BCUT2D eigenvalue weighted by molar-refractivity contribution is -0.137. The Kier molecular flexibility index (Phi) is 4.46. The van der Waals surface area contributed by atoms with Crippen molar-refractivity contribution in [2.45, 2.75) is 12.8 Å². The molecule has 1 aliphatic rings. The second-order valence-corrected chi connectivity index (χ2v) is 5.12. The summed E-state index contributed by atoms with van der Waals surface area (Å²) in [5.74, 6) is -0.712. The fraction of sp³-hybridized carbons (Fsp3) is 0.308. The number of aryl methyl sites for hydroxylation is 1. The summed E-state index contributed by atoms with van der Waals surface area (Å²) in [6.07, 6.45) is 3.61. The molecule has 0 spiro atoms. The zero-order valence-electron chi connectivity index (χ0n) is 10.3. The minimum absolute atomic E-state index is 0.0690. The highest BCUT2D eigenvalue weighted by Gasteiger charge is 2.22. The molecule has 0 bridgehead atoms. The van der Waals surface area contributed by atoms with Crippen LogP contribution < -0.4 is 5.32 Å². The highest BCUT2D eigenvalue weighted by atomic mass is 32.1. The van der Waals surface area contributed by atoms with Gasteiger partial charge in [-0.3, -0.25) is 19.3 Å². The fourth-order valence-corrected chi connectivity index (χ4v) is 2.45. The molecular weight excluding hydrogens is 264 g/mol. The van der Waals surface area contributed by atoms with Gasteiger partial charge in [-0.25, -0.2) is 0 Å². The van der Waals surface area contributed by atoms with E-state index in [1.807, 2.05) is 17.5 Å². The van der Waals surface area contributed by atoms with Crippen molar-refractivity contribution >= 4 is 29.1 Å². The maximum absolute atomic E-state index is 11.6. The molecule has 5 nitrogen and oxygen atoms in total. The molecule has 1 aliphatic heterocycles. The van der Waals surface area contributed by atoms with Crippen molar-refractivity contribution < 1.29 is 14.4 Å². The number of carbonyl (C=O) groups excluding carboxylic acids is 3. The monoisotopic (exact) mass is 278 g/mol. The summed E-state index contributed by atoms with van der Waals surface area (Å²) in [6, 6.07) is 3.95.